The number of nitrogens with zero attached hydrogens (tertiary/aromatic N) is 2. The van der Waals surface area contributed by atoms with E-state index in [4.69, 9.17) is 0 Å². The van der Waals surface area contributed by atoms with Crippen molar-refractivity contribution in [2.45, 2.75) is 19.3 Å². The molecule has 0 aliphatic carbocycles. The van der Waals surface area contributed by atoms with E-state index in [9.17, 15) is 18.4 Å². The molecule has 0 unspecified atom stereocenters. The summed E-state index contributed by atoms with van der Waals surface area (Å²) in [5, 5.41) is 9.53. The Labute approximate surface area is 159 Å². The van der Waals surface area contributed by atoms with Crippen LogP contribution in [0, 0.1) is 11.6 Å². The van der Waals surface area contributed by atoms with E-state index in [1.54, 1.807) is 18.2 Å². The second kappa shape index (κ2) is 7.22. The number of hydrogen-bond acceptors (Lipinski definition) is 3. The van der Waals surface area contributed by atoms with Gasteiger partial charge in [-0.1, -0.05) is 6.07 Å². The van der Waals surface area contributed by atoms with Crippen molar-refractivity contribution >= 4 is 23.2 Å². The number of amides is 2. The maximum Gasteiger partial charge on any atom is 0.276 e. The highest BCUT2D eigenvalue weighted by Gasteiger charge is 2.17. The fourth-order valence-corrected chi connectivity index (χ4v) is 3.12. The molecule has 3 aromatic rings. The van der Waals surface area contributed by atoms with Gasteiger partial charge in [-0.15, -0.1) is 0 Å². The van der Waals surface area contributed by atoms with Crippen LogP contribution in [0.3, 0.4) is 0 Å². The van der Waals surface area contributed by atoms with E-state index in [1.807, 2.05) is 0 Å². The number of fused-ring (bicyclic) bond motifs is 1. The van der Waals surface area contributed by atoms with Crippen molar-refractivity contribution in [2.24, 2.45) is 0 Å². The van der Waals surface area contributed by atoms with E-state index in [0.29, 0.717) is 12.1 Å². The number of benzene rings is 2. The van der Waals surface area contributed by atoms with Crippen LogP contribution < -0.4 is 10.6 Å². The van der Waals surface area contributed by atoms with Crippen LogP contribution in [0.2, 0.25) is 0 Å². The second-order valence-corrected chi connectivity index (χ2v) is 6.44. The van der Waals surface area contributed by atoms with Crippen LogP contribution in [0.5, 0.6) is 0 Å². The predicted molar refractivity (Wildman–Crippen MR) is 99.4 cm³/mol. The Balaban J connectivity index is 1.54. The van der Waals surface area contributed by atoms with Crippen molar-refractivity contribution in [1.29, 1.82) is 0 Å². The number of aryl methyl sites for hydroxylation is 1. The van der Waals surface area contributed by atoms with Gasteiger partial charge in [-0.05, 0) is 54.8 Å². The first kappa shape index (κ1) is 17.8. The van der Waals surface area contributed by atoms with E-state index < -0.39 is 17.5 Å². The van der Waals surface area contributed by atoms with E-state index in [0.717, 1.165) is 40.9 Å². The number of carbonyl (C=O) groups is 2. The number of para-hydroxylation sites is 1. The minimum absolute atomic E-state index is 0.0194. The summed E-state index contributed by atoms with van der Waals surface area (Å²) in [6.45, 7) is 0. The van der Waals surface area contributed by atoms with E-state index in [-0.39, 0.29) is 17.3 Å². The molecule has 8 heteroatoms. The summed E-state index contributed by atoms with van der Waals surface area (Å²) in [7, 11) is 0. The molecular formula is C20H16F2N4O2. The van der Waals surface area contributed by atoms with Gasteiger partial charge in [0.1, 0.15) is 5.69 Å². The molecule has 0 atom stereocenters. The smallest absolute Gasteiger partial charge is 0.276 e. The number of halogens is 2. The first-order chi connectivity index (χ1) is 13.5. The van der Waals surface area contributed by atoms with Gasteiger partial charge in [0.05, 0.1) is 0 Å². The normalized spacial score (nSPS) is 13.4. The molecule has 0 saturated heterocycles. The van der Waals surface area contributed by atoms with E-state index in [2.05, 4.69) is 15.7 Å². The minimum atomic E-state index is -0.775. The molecular weight excluding hydrogens is 366 g/mol. The number of hydrogen-bond donors (Lipinski definition) is 2. The standard InChI is InChI=1S/C20H16F2N4O2/c21-14-4-2-5-15(22)19(14)26-10-9-17(25-26)20(28)23-13-7-8-16-12(11-13)3-1-6-18(27)24-16/h2,4-5,7-11H,1,3,6H2,(H,23,28)(H,24,27). The molecule has 0 fully saturated rings. The van der Waals surface area contributed by atoms with Gasteiger partial charge in [-0.2, -0.15) is 5.10 Å². The van der Waals surface area contributed by atoms with Gasteiger partial charge < -0.3 is 10.6 Å². The summed E-state index contributed by atoms with van der Waals surface area (Å²) in [6, 6.07) is 10.1. The Kier molecular flexibility index (Phi) is 4.60. The fourth-order valence-electron chi connectivity index (χ4n) is 3.12. The average molecular weight is 382 g/mol. The Morgan fingerprint density at radius 1 is 1.11 bits per heavy atom. The molecule has 2 aromatic carbocycles. The van der Waals surface area contributed by atoms with Crippen molar-refractivity contribution in [1.82, 2.24) is 9.78 Å². The zero-order valence-corrected chi connectivity index (χ0v) is 14.7. The maximum atomic E-state index is 13.9. The highest BCUT2D eigenvalue weighted by molar-refractivity contribution is 6.03. The molecule has 0 spiro atoms. The maximum absolute atomic E-state index is 13.9. The zero-order chi connectivity index (χ0) is 19.7. The lowest BCUT2D eigenvalue weighted by molar-refractivity contribution is -0.116. The van der Waals surface area contributed by atoms with Crippen molar-refractivity contribution in [3.63, 3.8) is 0 Å². The molecule has 0 bridgehead atoms. The third kappa shape index (κ3) is 3.48. The number of nitrogens with one attached hydrogen (secondary N) is 2. The fraction of sp³-hybridized carbons (Fsp3) is 0.150. The highest BCUT2D eigenvalue weighted by Crippen LogP contribution is 2.25. The number of anilines is 2. The molecule has 2 amide bonds. The van der Waals surface area contributed by atoms with Crippen LogP contribution >= 0.6 is 0 Å². The monoisotopic (exact) mass is 382 g/mol. The van der Waals surface area contributed by atoms with Crippen LogP contribution in [0.1, 0.15) is 28.9 Å². The van der Waals surface area contributed by atoms with E-state index in [1.165, 1.54) is 18.3 Å². The van der Waals surface area contributed by atoms with Gasteiger partial charge in [-0.25, -0.2) is 13.5 Å². The molecule has 0 radical (unpaired) electrons. The SMILES string of the molecule is O=C1CCCc2cc(NC(=O)c3ccn(-c4c(F)cccc4F)n3)ccc2N1. The lowest BCUT2D eigenvalue weighted by atomic mass is 10.1. The average Bonchev–Trinajstić information content (AvgIpc) is 3.05. The van der Waals surface area contributed by atoms with Crippen LogP contribution in [0.15, 0.2) is 48.7 Å². The lowest BCUT2D eigenvalue weighted by Crippen LogP contribution is -2.14. The van der Waals surface area contributed by atoms with Gasteiger partial charge in [0.2, 0.25) is 5.91 Å². The summed E-state index contributed by atoms with van der Waals surface area (Å²) in [5.41, 5.74) is 1.89. The highest BCUT2D eigenvalue weighted by atomic mass is 19.1. The summed E-state index contributed by atoms with van der Waals surface area (Å²) < 4.78 is 28.8. The third-order valence-electron chi connectivity index (χ3n) is 4.48. The van der Waals surface area contributed by atoms with Gasteiger partial charge in [0.25, 0.3) is 5.91 Å². The van der Waals surface area contributed by atoms with Crippen molar-refractivity contribution in [3.8, 4) is 5.69 Å². The molecule has 142 valence electrons. The van der Waals surface area contributed by atoms with Crippen molar-refractivity contribution in [2.75, 3.05) is 10.6 Å². The zero-order valence-electron chi connectivity index (χ0n) is 14.7. The summed E-state index contributed by atoms with van der Waals surface area (Å²) in [5.74, 6) is -2.08. The molecule has 1 aromatic heterocycles. The Bertz CT molecular complexity index is 1060. The van der Waals surface area contributed by atoms with Crippen molar-refractivity contribution < 1.29 is 18.4 Å². The Hall–Kier alpha value is -3.55. The van der Waals surface area contributed by atoms with Gasteiger partial charge in [0.15, 0.2) is 17.3 Å². The Morgan fingerprint density at radius 2 is 1.89 bits per heavy atom. The van der Waals surface area contributed by atoms with Crippen molar-refractivity contribution in [3.05, 3.63) is 71.6 Å². The van der Waals surface area contributed by atoms with Crippen LogP contribution in [0.25, 0.3) is 5.69 Å². The number of aromatic nitrogens is 2. The topological polar surface area (TPSA) is 76.0 Å². The second-order valence-electron chi connectivity index (χ2n) is 6.44. The van der Waals surface area contributed by atoms with E-state index >= 15 is 0 Å². The molecule has 2 N–H and O–H groups in total. The van der Waals surface area contributed by atoms with Gasteiger partial charge in [-0.3, -0.25) is 9.59 Å². The molecule has 28 heavy (non-hydrogen) atoms. The molecule has 0 saturated carbocycles. The summed E-state index contributed by atoms with van der Waals surface area (Å²) >= 11 is 0. The predicted octanol–water partition coefficient (Wildman–Crippen LogP) is 3.68. The molecule has 2 heterocycles. The van der Waals surface area contributed by atoms with Gasteiger partial charge in [0, 0.05) is 24.0 Å². The molecule has 1 aliphatic heterocycles. The first-order valence-electron chi connectivity index (χ1n) is 8.75. The minimum Gasteiger partial charge on any atom is -0.326 e. The van der Waals surface area contributed by atoms with Crippen LogP contribution in [-0.2, 0) is 11.2 Å². The molecule has 1 aliphatic rings. The number of carbonyl (C=O) groups excluding carboxylic acids is 2. The van der Waals surface area contributed by atoms with Crippen LogP contribution in [-0.4, -0.2) is 21.6 Å². The first-order valence-corrected chi connectivity index (χ1v) is 8.75. The lowest BCUT2D eigenvalue weighted by Gasteiger charge is -2.10. The summed E-state index contributed by atoms with van der Waals surface area (Å²) in [4.78, 5) is 24.1. The quantitative estimate of drug-likeness (QED) is 0.726. The molecule has 6 nitrogen and oxygen atoms in total. The largest absolute Gasteiger partial charge is 0.326 e. The summed E-state index contributed by atoms with van der Waals surface area (Å²) in [6.07, 6.45) is 3.23. The van der Waals surface area contributed by atoms with Gasteiger partial charge >= 0.3 is 0 Å². The Morgan fingerprint density at radius 3 is 2.68 bits per heavy atom. The van der Waals surface area contributed by atoms with Crippen LogP contribution in [0.4, 0.5) is 20.2 Å². The molecule has 4 rings (SSSR count). The number of rotatable bonds is 3. The third-order valence-corrected chi connectivity index (χ3v) is 4.48.